The van der Waals surface area contributed by atoms with Crippen LogP contribution >= 0.6 is 0 Å². The maximum Gasteiger partial charge on any atom is 0.320 e. The van der Waals surface area contributed by atoms with Crippen molar-refractivity contribution in [3.05, 3.63) is 0 Å². The maximum absolute atomic E-state index is 9.57. The number of hydrogen-bond donors (Lipinski definition) is 4. The highest BCUT2D eigenvalue weighted by Crippen LogP contribution is 1.68. The molecule has 0 aliphatic carbocycles. The minimum Gasteiger partial charge on any atom is -0.481 e. The normalized spacial score (nSPS) is 9.43. The Bertz CT molecular complexity index is 169. The standard InChI is InChI=1S/C3H7NO2.2C2H4O2/c1-2(4)3(5)6;2*1-2(3)4/h2H,4H2,1H3,(H,5,6);2*1H3,(H,3,4)/t2-;;/m1../s1. The van der Waals surface area contributed by atoms with Crippen molar-refractivity contribution in [2.24, 2.45) is 5.73 Å². The number of carboxylic acid groups (broad SMARTS) is 3. The summed E-state index contributed by atoms with van der Waals surface area (Å²) in [5.41, 5.74) is 4.84. The third-order valence-corrected chi connectivity index (χ3v) is 0.390. The fourth-order valence-electron chi connectivity index (χ4n) is 0. The Morgan fingerprint density at radius 3 is 1.07 bits per heavy atom. The number of hydrogen-bond acceptors (Lipinski definition) is 4. The molecule has 0 aromatic carbocycles. The molecule has 5 N–H and O–H groups in total. The highest BCUT2D eigenvalue weighted by Gasteiger charge is 1.99. The van der Waals surface area contributed by atoms with Crippen LogP contribution in [-0.4, -0.2) is 39.3 Å². The molecule has 0 saturated heterocycles. The third kappa shape index (κ3) is 162. The molecule has 7 heteroatoms. The molecule has 0 aliphatic rings. The Labute approximate surface area is 81.1 Å². The van der Waals surface area contributed by atoms with Gasteiger partial charge in [0.25, 0.3) is 11.9 Å². The molecule has 0 aromatic rings. The van der Waals surface area contributed by atoms with Gasteiger partial charge in [-0.2, -0.15) is 0 Å². The van der Waals surface area contributed by atoms with E-state index in [0.717, 1.165) is 13.8 Å². The Morgan fingerprint density at radius 2 is 1.07 bits per heavy atom. The molecule has 0 aromatic heterocycles. The summed E-state index contributed by atoms with van der Waals surface area (Å²) in [4.78, 5) is 27.6. The van der Waals surface area contributed by atoms with Crippen molar-refractivity contribution in [3.63, 3.8) is 0 Å². The lowest BCUT2D eigenvalue weighted by Gasteiger charge is -1.90. The first-order valence-electron chi connectivity index (χ1n) is 3.48. The second-order valence-electron chi connectivity index (χ2n) is 2.16. The van der Waals surface area contributed by atoms with Crippen LogP contribution in [0, 0.1) is 0 Å². The zero-order valence-electron chi connectivity index (χ0n) is 8.22. The van der Waals surface area contributed by atoms with Gasteiger partial charge in [-0.15, -0.1) is 0 Å². The second-order valence-corrected chi connectivity index (χ2v) is 2.16. The Morgan fingerprint density at radius 1 is 1.00 bits per heavy atom. The van der Waals surface area contributed by atoms with Crippen LogP contribution in [0.2, 0.25) is 0 Å². The molecular formula is C7H15NO6. The summed E-state index contributed by atoms with van der Waals surface area (Å²) in [6.07, 6.45) is 0. The van der Waals surface area contributed by atoms with Crippen LogP contribution in [0.5, 0.6) is 0 Å². The Hall–Kier alpha value is -1.63. The number of rotatable bonds is 1. The summed E-state index contributed by atoms with van der Waals surface area (Å²) in [7, 11) is 0. The van der Waals surface area contributed by atoms with Gasteiger partial charge in [-0.1, -0.05) is 0 Å². The van der Waals surface area contributed by atoms with Crippen LogP contribution in [-0.2, 0) is 14.4 Å². The summed E-state index contributed by atoms with van der Waals surface area (Å²) in [5.74, 6) is -2.63. The van der Waals surface area contributed by atoms with Crippen LogP contribution in [0.1, 0.15) is 20.8 Å². The second kappa shape index (κ2) is 11.4. The highest BCUT2D eigenvalue weighted by molar-refractivity contribution is 5.72. The minimum absolute atomic E-state index is 0.731. The zero-order valence-corrected chi connectivity index (χ0v) is 8.22. The predicted octanol–water partition coefficient (Wildman–Crippen LogP) is -0.400. The fourth-order valence-corrected chi connectivity index (χ4v) is 0. The van der Waals surface area contributed by atoms with Gasteiger partial charge in [0, 0.05) is 13.8 Å². The number of carboxylic acids is 3. The fraction of sp³-hybridized carbons (Fsp3) is 0.571. The van der Waals surface area contributed by atoms with Crippen LogP contribution in [0.25, 0.3) is 0 Å². The third-order valence-electron chi connectivity index (χ3n) is 0.390. The van der Waals surface area contributed by atoms with Gasteiger partial charge < -0.3 is 21.1 Å². The molecule has 0 aliphatic heterocycles. The average Bonchev–Trinajstić information content (AvgIpc) is 1.83. The van der Waals surface area contributed by atoms with Crippen LogP contribution in [0.3, 0.4) is 0 Å². The first kappa shape index (κ1) is 18.2. The quantitative estimate of drug-likeness (QED) is 0.460. The Kier molecular flexibility index (Phi) is 14.8. The van der Waals surface area contributed by atoms with Crippen molar-refractivity contribution >= 4 is 17.9 Å². The monoisotopic (exact) mass is 209 g/mol. The van der Waals surface area contributed by atoms with E-state index in [4.69, 9.17) is 30.6 Å². The average molecular weight is 209 g/mol. The maximum atomic E-state index is 9.57. The molecule has 0 spiro atoms. The molecule has 0 radical (unpaired) electrons. The van der Waals surface area contributed by atoms with E-state index in [-0.39, 0.29) is 0 Å². The van der Waals surface area contributed by atoms with E-state index in [1.807, 2.05) is 0 Å². The van der Waals surface area contributed by atoms with Crippen molar-refractivity contribution in [1.82, 2.24) is 0 Å². The minimum atomic E-state index is -0.963. The lowest BCUT2D eigenvalue weighted by atomic mass is 10.4. The molecule has 14 heavy (non-hydrogen) atoms. The molecule has 0 heterocycles. The predicted molar refractivity (Wildman–Crippen MR) is 47.9 cm³/mol. The van der Waals surface area contributed by atoms with Gasteiger partial charge >= 0.3 is 5.97 Å². The van der Waals surface area contributed by atoms with Gasteiger partial charge in [-0.05, 0) is 6.92 Å². The van der Waals surface area contributed by atoms with Crippen molar-refractivity contribution in [2.45, 2.75) is 26.8 Å². The first-order chi connectivity index (χ1) is 6.11. The topological polar surface area (TPSA) is 138 Å². The first-order valence-corrected chi connectivity index (χ1v) is 3.48. The molecule has 0 amide bonds. The lowest BCUT2D eigenvalue weighted by molar-refractivity contribution is -0.138. The molecule has 0 rings (SSSR count). The van der Waals surface area contributed by atoms with E-state index in [1.54, 1.807) is 0 Å². The van der Waals surface area contributed by atoms with E-state index < -0.39 is 23.9 Å². The van der Waals surface area contributed by atoms with Gasteiger partial charge in [0.1, 0.15) is 6.04 Å². The van der Waals surface area contributed by atoms with E-state index in [9.17, 15) is 4.79 Å². The van der Waals surface area contributed by atoms with Gasteiger partial charge in [-0.25, -0.2) is 0 Å². The molecule has 7 nitrogen and oxygen atoms in total. The van der Waals surface area contributed by atoms with Crippen LogP contribution in [0.4, 0.5) is 0 Å². The summed E-state index contributed by atoms with van der Waals surface area (Å²) in [5, 5.41) is 22.7. The summed E-state index contributed by atoms with van der Waals surface area (Å²) >= 11 is 0. The van der Waals surface area contributed by atoms with Gasteiger partial charge in [-0.3, -0.25) is 14.4 Å². The van der Waals surface area contributed by atoms with E-state index in [1.165, 1.54) is 6.92 Å². The van der Waals surface area contributed by atoms with Gasteiger partial charge in [0.15, 0.2) is 0 Å². The van der Waals surface area contributed by atoms with Crippen molar-refractivity contribution in [3.8, 4) is 0 Å². The SMILES string of the molecule is CC(=O)O.CC(=O)O.C[C@@H](N)C(=O)O. The lowest BCUT2D eigenvalue weighted by Crippen LogP contribution is -2.25. The highest BCUT2D eigenvalue weighted by atomic mass is 16.4. The van der Waals surface area contributed by atoms with Crippen molar-refractivity contribution in [1.29, 1.82) is 0 Å². The number of nitrogens with two attached hydrogens (primary N) is 1. The van der Waals surface area contributed by atoms with Crippen LogP contribution in [0.15, 0.2) is 0 Å². The van der Waals surface area contributed by atoms with E-state index in [0.29, 0.717) is 0 Å². The molecular weight excluding hydrogens is 194 g/mol. The number of aliphatic carboxylic acids is 3. The summed E-state index contributed by atoms with van der Waals surface area (Å²) < 4.78 is 0. The van der Waals surface area contributed by atoms with Crippen molar-refractivity contribution in [2.75, 3.05) is 0 Å². The molecule has 1 atom stereocenters. The largest absolute Gasteiger partial charge is 0.481 e. The molecule has 0 fully saturated rings. The smallest absolute Gasteiger partial charge is 0.320 e. The molecule has 0 bridgehead atoms. The van der Waals surface area contributed by atoms with Crippen LogP contribution < -0.4 is 5.73 Å². The van der Waals surface area contributed by atoms with Gasteiger partial charge in [0.2, 0.25) is 0 Å². The number of carbonyl (C=O) groups is 3. The zero-order chi connectivity index (χ0) is 12.3. The Balaban J connectivity index is -0.000000135. The molecule has 0 unspecified atom stereocenters. The van der Waals surface area contributed by atoms with Crippen molar-refractivity contribution < 1.29 is 29.7 Å². The van der Waals surface area contributed by atoms with E-state index in [2.05, 4.69) is 0 Å². The molecule has 0 saturated carbocycles. The summed E-state index contributed by atoms with van der Waals surface area (Å²) in [6, 6.07) is -0.731. The van der Waals surface area contributed by atoms with Gasteiger partial charge in [0.05, 0.1) is 0 Å². The summed E-state index contributed by atoms with van der Waals surface area (Å²) in [6.45, 7) is 3.59. The molecule has 84 valence electrons. The van der Waals surface area contributed by atoms with E-state index >= 15 is 0 Å².